The maximum absolute atomic E-state index is 12.2. The summed E-state index contributed by atoms with van der Waals surface area (Å²) in [6.07, 6.45) is 10.2. The van der Waals surface area contributed by atoms with E-state index >= 15 is 0 Å². The third-order valence-electron chi connectivity index (χ3n) is 4.51. The third-order valence-corrected chi connectivity index (χ3v) is 4.51. The molecule has 0 spiro atoms. The number of imidazole rings is 2. The van der Waals surface area contributed by atoms with Crippen molar-refractivity contribution in [3.8, 4) is 0 Å². The van der Waals surface area contributed by atoms with Crippen LogP contribution in [0.2, 0.25) is 0 Å². The molecule has 2 aromatic heterocycles. The van der Waals surface area contributed by atoms with Crippen molar-refractivity contribution in [1.29, 1.82) is 0 Å². The molecular formula is C16H21N5O. The first-order valence-corrected chi connectivity index (χ1v) is 8.20. The Hall–Kier alpha value is -2.11. The minimum Gasteiger partial charge on any atom is -0.335 e. The molecule has 1 amide bonds. The SMILES string of the molecule is O=C(Cc1cn2c(n1)CCCC2)Nc1nc2c([nH]1)CCCC2. The second kappa shape index (κ2) is 5.59. The number of carbonyl (C=O) groups is 1. The second-order valence-electron chi connectivity index (χ2n) is 6.24. The molecule has 0 unspecified atom stereocenters. The van der Waals surface area contributed by atoms with Crippen molar-refractivity contribution in [3.05, 3.63) is 29.1 Å². The first-order chi connectivity index (χ1) is 10.8. The van der Waals surface area contributed by atoms with E-state index < -0.39 is 0 Å². The van der Waals surface area contributed by atoms with Gasteiger partial charge in [-0.15, -0.1) is 0 Å². The summed E-state index contributed by atoms with van der Waals surface area (Å²) in [6.45, 7) is 1.02. The summed E-state index contributed by atoms with van der Waals surface area (Å²) < 4.78 is 2.18. The van der Waals surface area contributed by atoms with Gasteiger partial charge >= 0.3 is 0 Å². The molecule has 0 fully saturated rings. The fourth-order valence-corrected chi connectivity index (χ4v) is 3.41. The molecule has 2 aromatic rings. The number of hydrogen-bond donors (Lipinski definition) is 2. The van der Waals surface area contributed by atoms with Gasteiger partial charge in [0.1, 0.15) is 5.82 Å². The van der Waals surface area contributed by atoms with E-state index in [1.165, 1.54) is 31.4 Å². The average Bonchev–Trinajstić information content (AvgIpc) is 3.08. The van der Waals surface area contributed by atoms with Crippen LogP contribution in [0.1, 0.15) is 48.6 Å². The number of nitrogens with one attached hydrogen (secondary N) is 2. The molecule has 116 valence electrons. The number of aromatic nitrogens is 4. The highest BCUT2D eigenvalue weighted by atomic mass is 16.1. The van der Waals surface area contributed by atoms with Crippen LogP contribution >= 0.6 is 0 Å². The lowest BCUT2D eigenvalue weighted by Gasteiger charge is -2.11. The lowest BCUT2D eigenvalue weighted by atomic mass is 10.0. The van der Waals surface area contributed by atoms with E-state index in [9.17, 15) is 4.79 Å². The number of fused-ring (bicyclic) bond motifs is 2. The van der Waals surface area contributed by atoms with E-state index in [1.807, 2.05) is 6.20 Å². The van der Waals surface area contributed by atoms with Crippen molar-refractivity contribution in [3.63, 3.8) is 0 Å². The van der Waals surface area contributed by atoms with Gasteiger partial charge in [-0.25, -0.2) is 9.97 Å². The number of H-pyrrole nitrogens is 1. The molecule has 0 saturated carbocycles. The molecule has 6 nitrogen and oxygen atoms in total. The zero-order chi connectivity index (χ0) is 14.9. The molecular weight excluding hydrogens is 278 g/mol. The molecule has 6 heteroatoms. The van der Waals surface area contributed by atoms with Crippen molar-refractivity contribution in [1.82, 2.24) is 19.5 Å². The van der Waals surface area contributed by atoms with Gasteiger partial charge in [0.2, 0.25) is 11.9 Å². The summed E-state index contributed by atoms with van der Waals surface area (Å²) in [5, 5.41) is 2.87. The summed E-state index contributed by atoms with van der Waals surface area (Å²) in [7, 11) is 0. The highest BCUT2D eigenvalue weighted by Gasteiger charge is 2.17. The number of anilines is 1. The zero-order valence-corrected chi connectivity index (χ0v) is 12.7. The van der Waals surface area contributed by atoms with Crippen LogP contribution in [-0.4, -0.2) is 25.4 Å². The van der Waals surface area contributed by atoms with Gasteiger partial charge in [0, 0.05) is 24.9 Å². The number of aromatic amines is 1. The number of hydrogen-bond acceptors (Lipinski definition) is 3. The van der Waals surface area contributed by atoms with Crippen LogP contribution in [0.4, 0.5) is 5.95 Å². The Morgan fingerprint density at radius 1 is 1.18 bits per heavy atom. The Kier molecular flexibility index (Phi) is 3.44. The number of rotatable bonds is 3. The Labute approximate surface area is 129 Å². The van der Waals surface area contributed by atoms with Crippen LogP contribution in [-0.2, 0) is 37.0 Å². The maximum atomic E-state index is 12.2. The Balaban J connectivity index is 1.42. The van der Waals surface area contributed by atoms with Gasteiger partial charge in [0.15, 0.2) is 0 Å². The van der Waals surface area contributed by atoms with Gasteiger partial charge < -0.3 is 9.55 Å². The van der Waals surface area contributed by atoms with Crippen molar-refractivity contribution >= 4 is 11.9 Å². The largest absolute Gasteiger partial charge is 0.335 e. The van der Waals surface area contributed by atoms with Crippen LogP contribution in [0.3, 0.4) is 0 Å². The molecule has 0 radical (unpaired) electrons. The standard InChI is InChI=1S/C16H21N5O/c22-15(9-11-10-21-8-4-3-7-14(21)17-11)20-16-18-12-5-1-2-6-13(12)19-16/h10H,1-9H2,(H2,18,19,20,22). The lowest BCUT2D eigenvalue weighted by Crippen LogP contribution is -2.15. The van der Waals surface area contributed by atoms with E-state index in [-0.39, 0.29) is 5.91 Å². The van der Waals surface area contributed by atoms with Gasteiger partial charge in [0.25, 0.3) is 0 Å². The first-order valence-electron chi connectivity index (χ1n) is 8.20. The van der Waals surface area contributed by atoms with Crippen LogP contribution in [0.25, 0.3) is 0 Å². The quantitative estimate of drug-likeness (QED) is 0.910. The molecule has 22 heavy (non-hydrogen) atoms. The van der Waals surface area contributed by atoms with E-state index in [2.05, 4.69) is 24.8 Å². The predicted octanol–water partition coefficient (Wildman–Crippen LogP) is 2.00. The third kappa shape index (κ3) is 2.65. The summed E-state index contributed by atoms with van der Waals surface area (Å²) in [5.74, 6) is 1.64. The van der Waals surface area contributed by atoms with Crippen LogP contribution in [0, 0.1) is 0 Å². The molecule has 1 aliphatic heterocycles. The number of nitrogens with zero attached hydrogens (tertiary/aromatic N) is 3. The number of carbonyl (C=O) groups excluding carboxylic acids is 1. The second-order valence-corrected chi connectivity index (χ2v) is 6.24. The van der Waals surface area contributed by atoms with Crippen molar-refractivity contribution < 1.29 is 4.79 Å². The number of amides is 1. The van der Waals surface area contributed by atoms with E-state index in [0.717, 1.165) is 43.0 Å². The van der Waals surface area contributed by atoms with Crippen molar-refractivity contribution in [2.45, 2.75) is 57.9 Å². The Bertz CT molecular complexity index is 594. The van der Waals surface area contributed by atoms with Gasteiger partial charge in [-0.1, -0.05) is 0 Å². The summed E-state index contributed by atoms with van der Waals surface area (Å²) >= 11 is 0. The minimum absolute atomic E-state index is 0.0541. The molecule has 4 rings (SSSR count). The predicted molar refractivity (Wildman–Crippen MR) is 82.7 cm³/mol. The van der Waals surface area contributed by atoms with E-state index in [4.69, 9.17) is 0 Å². The highest BCUT2D eigenvalue weighted by molar-refractivity contribution is 5.90. The molecule has 2 aliphatic rings. The van der Waals surface area contributed by atoms with E-state index in [0.29, 0.717) is 12.4 Å². The molecule has 0 bridgehead atoms. The molecule has 0 aromatic carbocycles. The zero-order valence-electron chi connectivity index (χ0n) is 12.7. The van der Waals surface area contributed by atoms with Gasteiger partial charge in [0.05, 0.1) is 17.8 Å². The molecule has 2 N–H and O–H groups in total. The van der Waals surface area contributed by atoms with E-state index in [1.54, 1.807) is 0 Å². The average molecular weight is 299 g/mol. The summed E-state index contributed by atoms with van der Waals surface area (Å²) in [4.78, 5) is 24.5. The van der Waals surface area contributed by atoms with Crippen LogP contribution < -0.4 is 5.32 Å². The fourth-order valence-electron chi connectivity index (χ4n) is 3.41. The van der Waals surface area contributed by atoms with Crippen molar-refractivity contribution in [2.75, 3.05) is 5.32 Å². The van der Waals surface area contributed by atoms with Crippen LogP contribution in [0.5, 0.6) is 0 Å². The minimum atomic E-state index is -0.0541. The normalized spacial score (nSPS) is 16.9. The Morgan fingerprint density at radius 2 is 2.05 bits per heavy atom. The van der Waals surface area contributed by atoms with Gasteiger partial charge in [-0.3, -0.25) is 10.1 Å². The van der Waals surface area contributed by atoms with Gasteiger partial charge in [-0.2, -0.15) is 0 Å². The smallest absolute Gasteiger partial charge is 0.232 e. The summed E-state index contributed by atoms with van der Waals surface area (Å²) in [5.41, 5.74) is 3.14. The fraction of sp³-hybridized carbons (Fsp3) is 0.562. The first kappa shape index (κ1) is 13.5. The molecule has 1 aliphatic carbocycles. The lowest BCUT2D eigenvalue weighted by molar-refractivity contribution is -0.115. The van der Waals surface area contributed by atoms with Crippen LogP contribution in [0.15, 0.2) is 6.20 Å². The van der Waals surface area contributed by atoms with Crippen molar-refractivity contribution in [2.24, 2.45) is 0 Å². The molecule has 0 saturated heterocycles. The van der Waals surface area contributed by atoms with Gasteiger partial charge in [-0.05, 0) is 38.5 Å². The summed E-state index contributed by atoms with van der Waals surface area (Å²) in [6, 6.07) is 0. The molecule has 0 atom stereocenters. The molecule has 3 heterocycles. The topological polar surface area (TPSA) is 75.6 Å². The highest BCUT2D eigenvalue weighted by Crippen LogP contribution is 2.20. The number of aryl methyl sites for hydroxylation is 4. The Morgan fingerprint density at radius 3 is 2.91 bits per heavy atom. The monoisotopic (exact) mass is 299 g/mol. The maximum Gasteiger partial charge on any atom is 0.232 e.